The Kier molecular flexibility index (Phi) is 3.49. The summed E-state index contributed by atoms with van der Waals surface area (Å²) in [6.07, 6.45) is 5.56. The number of aromatic amines is 1. The first-order valence-electron chi connectivity index (χ1n) is 8.41. The van der Waals surface area contributed by atoms with Gasteiger partial charge >= 0.3 is 0 Å². The predicted molar refractivity (Wildman–Crippen MR) is 90.6 cm³/mol. The van der Waals surface area contributed by atoms with Crippen molar-refractivity contribution in [2.75, 3.05) is 31.6 Å². The molecule has 0 radical (unpaired) electrons. The third-order valence-corrected chi connectivity index (χ3v) is 5.94. The van der Waals surface area contributed by atoms with Crippen molar-refractivity contribution >= 4 is 22.8 Å². The number of aromatic nitrogens is 3. The first-order chi connectivity index (χ1) is 11.5. The van der Waals surface area contributed by atoms with Gasteiger partial charge in [-0.2, -0.15) is 0 Å². The van der Waals surface area contributed by atoms with Gasteiger partial charge in [-0.1, -0.05) is 6.92 Å². The van der Waals surface area contributed by atoms with E-state index in [0.717, 1.165) is 42.8 Å². The number of H-pyrrole nitrogens is 1. The number of nitrogens with zero attached hydrogens (tertiary/aromatic N) is 4. The summed E-state index contributed by atoms with van der Waals surface area (Å²) >= 11 is 0. The molecule has 1 saturated heterocycles. The van der Waals surface area contributed by atoms with E-state index in [4.69, 9.17) is 5.11 Å². The zero-order valence-electron chi connectivity index (χ0n) is 14.1. The van der Waals surface area contributed by atoms with Crippen LogP contribution in [0.4, 0.5) is 5.82 Å². The monoisotopic (exact) mass is 329 g/mol. The normalized spacial score (nSPS) is 29.2. The standard InChI is InChI=1S/C17H23N5O2/c1-17-6-12(5-11(17)7-22(9-17)14(24)8-23)21(2)16-13-3-4-18-15(13)19-10-20-16/h3-4,10-12,23H,5-9H2,1-2H3,(H,18,19,20). The molecule has 0 aromatic carbocycles. The first kappa shape index (κ1) is 15.4. The van der Waals surface area contributed by atoms with E-state index in [-0.39, 0.29) is 11.3 Å². The quantitative estimate of drug-likeness (QED) is 0.878. The molecule has 0 bridgehead atoms. The summed E-state index contributed by atoms with van der Waals surface area (Å²) in [5, 5.41) is 10.1. The lowest BCUT2D eigenvalue weighted by molar-refractivity contribution is -0.133. The summed E-state index contributed by atoms with van der Waals surface area (Å²) in [6, 6.07) is 2.42. The van der Waals surface area contributed by atoms with Crippen LogP contribution in [0.3, 0.4) is 0 Å². The molecule has 1 amide bonds. The number of hydrogen-bond donors (Lipinski definition) is 2. The van der Waals surface area contributed by atoms with E-state index in [9.17, 15) is 4.79 Å². The Labute approximate surface area is 140 Å². The molecule has 7 heteroatoms. The van der Waals surface area contributed by atoms with Crippen molar-refractivity contribution in [1.29, 1.82) is 0 Å². The average Bonchev–Trinajstić information content (AvgIpc) is 3.24. The van der Waals surface area contributed by atoms with Crippen LogP contribution in [-0.4, -0.2) is 63.7 Å². The van der Waals surface area contributed by atoms with Crippen LogP contribution >= 0.6 is 0 Å². The lowest BCUT2D eigenvalue weighted by Gasteiger charge is -2.29. The van der Waals surface area contributed by atoms with Crippen LogP contribution < -0.4 is 4.90 Å². The van der Waals surface area contributed by atoms with Crippen molar-refractivity contribution in [3.05, 3.63) is 18.6 Å². The van der Waals surface area contributed by atoms with Gasteiger partial charge in [-0.15, -0.1) is 0 Å². The fourth-order valence-corrected chi connectivity index (χ4v) is 4.55. The second-order valence-corrected chi connectivity index (χ2v) is 7.43. The summed E-state index contributed by atoms with van der Waals surface area (Å²) in [6.45, 7) is 3.37. The zero-order valence-corrected chi connectivity index (χ0v) is 14.1. The van der Waals surface area contributed by atoms with Gasteiger partial charge in [0, 0.05) is 32.4 Å². The smallest absolute Gasteiger partial charge is 0.248 e. The molecule has 4 rings (SSSR count). The Balaban J connectivity index is 1.54. The van der Waals surface area contributed by atoms with Crippen molar-refractivity contribution in [3.63, 3.8) is 0 Å². The van der Waals surface area contributed by atoms with Gasteiger partial charge in [0.15, 0.2) is 0 Å². The molecule has 2 aromatic rings. The van der Waals surface area contributed by atoms with Gasteiger partial charge in [-0.05, 0) is 30.2 Å². The lowest BCUT2D eigenvalue weighted by atomic mass is 9.83. The number of carbonyl (C=O) groups is 1. The molecule has 2 fully saturated rings. The number of nitrogens with one attached hydrogen (secondary N) is 1. The van der Waals surface area contributed by atoms with E-state index in [0.29, 0.717) is 12.0 Å². The van der Waals surface area contributed by atoms with Crippen molar-refractivity contribution in [3.8, 4) is 0 Å². The van der Waals surface area contributed by atoms with E-state index in [2.05, 4.69) is 33.8 Å². The molecule has 24 heavy (non-hydrogen) atoms. The van der Waals surface area contributed by atoms with E-state index < -0.39 is 6.61 Å². The van der Waals surface area contributed by atoms with Crippen LogP contribution in [0, 0.1) is 11.3 Å². The van der Waals surface area contributed by atoms with Gasteiger partial charge in [-0.3, -0.25) is 4.79 Å². The van der Waals surface area contributed by atoms with Crippen LogP contribution in [-0.2, 0) is 4.79 Å². The molecule has 1 aliphatic carbocycles. The first-order valence-corrected chi connectivity index (χ1v) is 8.41. The summed E-state index contributed by atoms with van der Waals surface area (Å²) in [7, 11) is 2.10. The van der Waals surface area contributed by atoms with Crippen LogP contribution in [0.2, 0.25) is 0 Å². The van der Waals surface area contributed by atoms with E-state index in [1.807, 2.05) is 17.2 Å². The summed E-state index contributed by atoms with van der Waals surface area (Å²) in [5.41, 5.74) is 0.976. The number of aliphatic hydroxyl groups excluding tert-OH is 1. The molecule has 128 valence electrons. The number of carbonyl (C=O) groups excluding carboxylic acids is 1. The number of aliphatic hydroxyl groups is 1. The fraction of sp³-hybridized carbons (Fsp3) is 0.588. The zero-order chi connectivity index (χ0) is 16.9. The van der Waals surface area contributed by atoms with Gasteiger partial charge in [0.2, 0.25) is 5.91 Å². The summed E-state index contributed by atoms with van der Waals surface area (Å²) < 4.78 is 0. The maximum Gasteiger partial charge on any atom is 0.248 e. The van der Waals surface area contributed by atoms with Crippen molar-refractivity contribution in [2.24, 2.45) is 11.3 Å². The molecule has 3 unspecified atom stereocenters. The Morgan fingerprint density at radius 2 is 2.38 bits per heavy atom. The van der Waals surface area contributed by atoms with Gasteiger partial charge in [0.25, 0.3) is 0 Å². The number of hydrogen-bond acceptors (Lipinski definition) is 5. The highest BCUT2D eigenvalue weighted by atomic mass is 16.3. The Hall–Kier alpha value is -2.15. The second kappa shape index (κ2) is 5.44. The summed E-state index contributed by atoms with van der Waals surface area (Å²) in [5.74, 6) is 1.28. The third kappa shape index (κ3) is 2.26. The number of amides is 1. The molecule has 7 nitrogen and oxygen atoms in total. The maximum atomic E-state index is 11.8. The SMILES string of the molecule is CN(c1ncnc2[nH]ccc12)C1CC2CN(C(=O)CO)CC2(C)C1. The number of rotatable bonds is 3. The molecular formula is C17H23N5O2. The van der Waals surface area contributed by atoms with Crippen molar-refractivity contribution in [2.45, 2.75) is 25.8 Å². The van der Waals surface area contributed by atoms with Gasteiger partial charge in [0.1, 0.15) is 24.4 Å². The molecule has 1 saturated carbocycles. The summed E-state index contributed by atoms with van der Waals surface area (Å²) in [4.78, 5) is 27.8. The minimum Gasteiger partial charge on any atom is -0.387 e. The van der Waals surface area contributed by atoms with Crippen molar-refractivity contribution < 1.29 is 9.90 Å². The molecule has 2 aliphatic rings. The van der Waals surface area contributed by atoms with E-state index >= 15 is 0 Å². The largest absolute Gasteiger partial charge is 0.387 e. The second-order valence-electron chi connectivity index (χ2n) is 7.43. The molecule has 2 N–H and O–H groups in total. The predicted octanol–water partition coefficient (Wildman–Crippen LogP) is 1.01. The van der Waals surface area contributed by atoms with Crippen LogP contribution in [0.1, 0.15) is 19.8 Å². The Bertz CT molecular complexity index is 775. The number of likely N-dealkylation sites (tertiary alicyclic amines) is 1. The van der Waals surface area contributed by atoms with Crippen molar-refractivity contribution in [1.82, 2.24) is 19.9 Å². The molecule has 3 atom stereocenters. The molecule has 1 aliphatic heterocycles. The van der Waals surface area contributed by atoms with Crippen LogP contribution in [0.5, 0.6) is 0 Å². The molecule has 2 aromatic heterocycles. The lowest BCUT2D eigenvalue weighted by Crippen LogP contribution is -2.37. The molecular weight excluding hydrogens is 306 g/mol. The number of fused-ring (bicyclic) bond motifs is 2. The van der Waals surface area contributed by atoms with Gasteiger partial charge < -0.3 is 19.9 Å². The minimum absolute atomic E-state index is 0.119. The average molecular weight is 329 g/mol. The van der Waals surface area contributed by atoms with E-state index in [1.54, 1.807) is 6.33 Å². The van der Waals surface area contributed by atoms with Crippen LogP contribution in [0.25, 0.3) is 11.0 Å². The fourth-order valence-electron chi connectivity index (χ4n) is 4.55. The van der Waals surface area contributed by atoms with Crippen LogP contribution in [0.15, 0.2) is 18.6 Å². The number of anilines is 1. The third-order valence-electron chi connectivity index (χ3n) is 5.94. The molecule has 0 spiro atoms. The maximum absolute atomic E-state index is 11.8. The molecule has 3 heterocycles. The minimum atomic E-state index is -0.390. The Morgan fingerprint density at radius 3 is 3.12 bits per heavy atom. The highest BCUT2D eigenvalue weighted by Gasteiger charge is 2.51. The highest BCUT2D eigenvalue weighted by Crippen LogP contribution is 2.50. The van der Waals surface area contributed by atoms with E-state index in [1.165, 1.54) is 0 Å². The van der Waals surface area contributed by atoms with Gasteiger partial charge in [-0.25, -0.2) is 9.97 Å². The highest BCUT2D eigenvalue weighted by molar-refractivity contribution is 5.87. The Morgan fingerprint density at radius 1 is 1.54 bits per heavy atom. The topological polar surface area (TPSA) is 85.4 Å². The van der Waals surface area contributed by atoms with Gasteiger partial charge in [0.05, 0.1) is 5.39 Å².